The van der Waals surface area contributed by atoms with Gasteiger partial charge in [-0.05, 0) is 32.6 Å². The number of carbonyl (C=O) groups is 1. The molecule has 140 valence electrons. The number of fused-ring (bicyclic) bond motifs is 1. The van der Waals surface area contributed by atoms with E-state index in [4.69, 9.17) is 9.47 Å². The van der Waals surface area contributed by atoms with E-state index in [1.807, 2.05) is 6.92 Å². The third-order valence-corrected chi connectivity index (χ3v) is 6.44. The highest BCUT2D eigenvalue weighted by Crippen LogP contribution is 2.55. The fourth-order valence-corrected chi connectivity index (χ4v) is 5.04. The first-order chi connectivity index (χ1) is 12.7. The van der Waals surface area contributed by atoms with Crippen molar-refractivity contribution in [2.45, 2.75) is 44.3 Å². The number of carbonyl (C=O) groups excluding carboxylic acids is 1. The van der Waals surface area contributed by atoms with E-state index >= 15 is 0 Å². The minimum absolute atomic E-state index is 0.0926. The van der Waals surface area contributed by atoms with Gasteiger partial charge in [-0.1, -0.05) is 0 Å². The quantitative estimate of drug-likeness (QED) is 0.828. The molecule has 0 aromatic carbocycles. The first-order valence-electron chi connectivity index (χ1n) is 9.85. The van der Waals surface area contributed by atoms with Crippen LogP contribution in [0.2, 0.25) is 0 Å². The van der Waals surface area contributed by atoms with Crippen LogP contribution in [-0.4, -0.2) is 53.8 Å². The molecular weight excluding hydrogens is 332 g/mol. The van der Waals surface area contributed by atoms with Gasteiger partial charge >= 0.3 is 0 Å². The highest BCUT2D eigenvalue weighted by atomic mass is 16.5. The average molecular weight is 358 g/mol. The highest BCUT2D eigenvalue weighted by Gasteiger charge is 2.63. The summed E-state index contributed by atoms with van der Waals surface area (Å²) in [7, 11) is 0. The Hall–Kier alpha value is -1.89. The molecule has 1 N–H and O–H groups in total. The second-order valence-corrected chi connectivity index (χ2v) is 8.06. The maximum absolute atomic E-state index is 12.0. The second kappa shape index (κ2) is 6.08. The van der Waals surface area contributed by atoms with Gasteiger partial charge in [0.2, 0.25) is 17.7 Å². The van der Waals surface area contributed by atoms with Crippen LogP contribution >= 0.6 is 0 Å². The summed E-state index contributed by atoms with van der Waals surface area (Å²) in [5, 5.41) is 3.17. The van der Waals surface area contributed by atoms with E-state index in [0.717, 1.165) is 45.3 Å². The predicted molar refractivity (Wildman–Crippen MR) is 95.0 cm³/mol. The Morgan fingerprint density at radius 3 is 3.15 bits per heavy atom. The lowest BCUT2D eigenvalue weighted by molar-refractivity contribution is -0.122. The standard InChI is InChI=1S/C19H26N4O3/c1-2-25-16-6-8-20-18(22-16)23-10-14-13(9-21-17(24)12-3-4-12)15-5-7-19(14,11-23)26-15/h6,8,12-15H,2-5,7,9-11H2,1H3,(H,21,24)/t13-,14+,15+,19+/m0/s1. The van der Waals surface area contributed by atoms with Crippen LogP contribution in [0.3, 0.4) is 0 Å². The summed E-state index contributed by atoms with van der Waals surface area (Å²) < 4.78 is 12.0. The van der Waals surface area contributed by atoms with Crippen molar-refractivity contribution in [1.82, 2.24) is 15.3 Å². The lowest BCUT2D eigenvalue weighted by atomic mass is 9.73. The van der Waals surface area contributed by atoms with E-state index in [1.165, 1.54) is 0 Å². The molecule has 4 atom stereocenters. The topological polar surface area (TPSA) is 76.6 Å². The molecule has 3 aliphatic heterocycles. The molecule has 1 amide bonds. The zero-order chi connectivity index (χ0) is 17.7. The molecule has 2 bridgehead atoms. The minimum Gasteiger partial charge on any atom is -0.478 e. The summed E-state index contributed by atoms with van der Waals surface area (Å²) in [4.78, 5) is 23.3. The normalized spacial score (nSPS) is 34.8. The number of hydrogen-bond acceptors (Lipinski definition) is 6. The van der Waals surface area contributed by atoms with Crippen LogP contribution in [0.5, 0.6) is 5.88 Å². The number of nitrogens with zero attached hydrogens (tertiary/aromatic N) is 3. The second-order valence-electron chi connectivity index (χ2n) is 8.06. The van der Waals surface area contributed by atoms with E-state index < -0.39 is 0 Å². The summed E-state index contributed by atoms with van der Waals surface area (Å²) in [6.45, 7) is 5.00. The molecule has 1 aromatic heterocycles. The summed E-state index contributed by atoms with van der Waals surface area (Å²) >= 11 is 0. The number of hydrogen-bond donors (Lipinski definition) is 1. The third kappa shape index (κ3) is 2.64. The zero-order valence-electron chi connectivity index (χ0n) is 15.2. The van der Waals surface area contributed by atoms with Crippen LogP contribution < -0.4 is 15.0 Å². The Balaban J connectivity index is 1.30. The Bertz CT molecular complexity index is 710. The van der Waals surface area contributed by atoms with Gasteiger partial charge in [0.25, 0.3) is 0 Å². The van der Waals surface area contributed by atoms with Crippen molar-refractivity contribution in [3.63, 3.8) is 0 Å². The number of anilines is 1. The number of amides is 1. The fraction of sp³-hybridized carbons (Fsp3) is 0.737. The van der Waals surface area contributed by atoms with Crippen molar-refractivity contribution >= 4 is 11.9 Å². The van der Waals surface area contributed by atoms with Crippen LogP contribution in [0.25, 0.3) is 0 Å². The molecular formula is C19H26N4O3. The Morgan fingerprint density at radius 2 is 2.35 bits per heavy atom. The lowest BCUT2D eigenvalue weighted by Crippen LogP contribution is -2.42. The van der Waals surface area contributed by atoms with Crippen LogP contribution in [0.1, 0.15) is 32.6 Å². The Kier molecular flexibility index (Phi) is 3.81. The SMILES string of the molecule is CCOc1ccnc(N2C[C@@H]3[C@H](CNC(=O)C4CC4)[C@H]4CC[C@]3(C2)O4)n1. The maximum Gasteiger partial charge on any atom is 0.228 e. The maximum atomic E-state index is 12.0. The van der Waals surface area contributed by atoms with Gasteiger partial charge in [0.1, 0.15) is 0 Å². The van der Waals surface area contributed by atoms with E-state index in [-0.39, 0.29) is 23.5 Å². The first kappa shape index (κ1) is 16.3. The summed E-state index contributed by atoms with van der Waals surface area (Å²) in [5.41, 5.74) is -0.0926. The van der Waals surface area contributed by atoms with Crippen LogP contribution in [0.15, 0.2) is 12.3 Å². The summed E-state index contributed by atoms with van der Waals surface area (Å²) in [6.07, 6.45) is 6.32. The van der Waals surface area contributed by atoms with Gasteiger partial charge in [0, 0.05) is 43.1 Å². The molecule has 5 rings (SSSR count). The van der Waals surface area contributed by atoms with Crippen LogP contribution in [0, 0.1) is 17.8 Å². The van der Waals surface area contributed by atoms with Gasteiger partial charge in [-0.3, -0.25) is 4.79 Å². The van der Waals surface area contributed by atoms with E-state index in [1.54, 1.807) is 12.3 Å². The van der Waals surface area contributed by atoms with Gasteiger partial charge in [-0.2, -0.15) is 4.98 Å². The summed E-state index contributed by atoms with van der Waals surface area (Å²) in [5.74, 6) is 2.65. The zero-order valence-corrected chi connectivity index (χ0v) is 15.2. The molecule has 26 heavy (non-hydrogen) atoms. The molecule has 4 aliphatic rings. The predicted octanol–water partition coefficient (Wildman–Crippen LogP) is 1.39. The Morgan fingerprint density at radius 1 is 1.46 bits per heavy atom. The lowest BCUT2D eigenvalue weighted by Gasteiger charge is -2.29. The van der Waals surface area contributed by atoms with Crippen molar-refractivity contribution in [1.29, 1.82) is 0 Å². The van der Waals surface area contributed by atoms with Crippen molar-refractivity contribution < 1.29 is 14.3 Å². The van der Waals surface area contributed by atoms with Gasteiger partial charge in [0.15, 0.2) is 0 Å². The van der Waals surface area contributed by atoms with Crippen molar-refractivity contribution in [3.05, 3.63) is 12.3 Å². The molecule has 4 fully saturated rings. The molecule has 1 aromatic rings. The molecule has 3 saturated heterocycles. The molecule has 1 aliphatic carbocycles. The smallest absolute Gasteiger partial charge is 0.228 e. The monoisotopic (exact) mass is 358 g/mol. The van der Waals surface area contributed by atoms with Gasteiger partial charge in [-0.25, -0.2) is 4.98 Å². The first-order valence-corrected chi connectivity index (χ1v) is 9.85. The average Bonchev–Trinajstić information content (AvgIpc) is 3.23. The number of ether oxygens (including phenoxy) is 2. The van der Waals surface area contributed by atoms with Crippen LogP contribution in [-0.2, 0) is 9.53 Å². The van der Waals surface area contributed by atoms with Gasteiger partial charge in [-0.15, -0.1) is 0 Å². The van der Waals surface area contributed by atoms with Gasteiger partial charge < -0.3 is 19.7 Å². The summed E-state index contributed by atoms with van der Waals surface area (Å²) in [6, 6.07) is 1.79. The Labute approximate surface area is 153 Å². The molecule has 7 heteroatoms. The molecule has 7 nitrogen and oxygen atoms in total. The third-order valence-electron chi connectivity index (χ3n) is 6.44. The fourth-order valence-electron chi connectivity index (χ4n) is 5.04. The van der Waals surface area contributed by atoms with E-state index in [9.17, 15) is 4.79 Å². The van der Waals surface area contributed by atoms with E-state index in [0.29, 0.717) is 30.3 Å². The van der Waals surface area contributed by atoms with Crippen molar-refractivity contribution in [2.24, 2.45) is 17.8 Å². The van der Waals surface area contributed by atoms with Crippen molar-refractivity contribution in [2.75, 3.05) is 31.1 Å². The van der Waals surface area contributed by atoms with Crippen LogP contribution in [0.4, 0.5) is 5.95 Å². The number of rotatable bonds is 6. The highest BCUT2D eigenvalue weighted by molar-refractivity contribution is 5.80. The molecule has 0 radical (unpaired) electrons. The largest absolute Gasteiger partial charge is 0.478 e. The minimum atomic E-state index is -0.0926. The number of aromatic nitrogens is 2. The van der Waals surface area contributed by atoms with Crippen molar-refractivity contribution in [3.8, 4) is 5.88 Å². The van der Waals surface area contributed by atoms with E-state index in [2.05, 4.69) is 20.2 Å². The molecule has 0 unspecified atom stereocenters. The van der Waals surface area contributed by atoms with Gasteiger partial charge in [0.05, 0.1) is 24.9 Å². The molecule has 4 heterocycles. The number of nitrogens with one attached hydrogen (secondary N) is 1. The molecule has 1 saturated carbocycles. The molecule has 1 spiro atoms.